The van der Waals surface area contributed by atoms with Crippen LogP contribution in [0, 0.1) is 0 Å². The second-order valence-corrected chi connectivity index (χ2v) is 15.6. The predicted octanol–water partition coefficient (Wildman–Crippen LogP) is 9.31. The minimum Gasteiger partial charge on any atom is -0.325 e. The van der Waals surface area contributed by atoms with Gasteiger partial charge in [-0.1, -0.05) is 115 Å². The normalized spacial score (nSPS) is 11.6. The maximum Gasteiger partial charge on any atom is 0.234 e. The standard InChI is InChI=1S/C35H30BrN5O2S3/c1-35(2,3)24-13-9-23(10-14-24)32-39-40-33(41(32)27-7-5-4-6-8-27)44-21-31(43)37-26-17-18-28-30(19-26)46-34(38-28)45-20-29(42)22-11-15-25(36)16-12-22/h4-19H,20-21H2,1-3H3,(H,37,43). The molecule has 0 fully saturated rings. The van der Waals surface area contributed by atoms with Gasteiger partial charge in [0, 0.05) is 27.0 Å². The molecule has 0 atom stereocenters. The first kappa shape index (κ1) is 32.2. The molecule has 6 rings (SSSR count). The molecule has 0 aliphatic rings. The molecule has 6 aromatic rings. The van der Waals surface area contributed by atoms with E-state index in [9.17, 15) is 9.59 Å². The van der Waals surface area contributed by atoms with Crippen molar-refractivity contribution >= 4 is 78.4 Å². The highest BCUT2D eigenvalue weighted by Crippen LogP contribution is 2.33. The lowest BCUT2D eigenvalue weighted by atomic mass is 9.87. The number of nitrogens with zero attached hydrogens (tertiary/aromatic N) is 4. The number of anilines is 1. The van der Waals surface area contributed by atoms with Crippen molar-refractivity contribution in [2.45, 2.75) is 35.7 Å². The zero-order valence-electron chi connectivity index (χ0n) is 25.4. The van der Waals surface area contributed by atoms with Crippen LogP contribution in [0.25, 0.3) is 27.3 Å². The number of ketones is 1. The summed E-state index contributed by atoms with van der Waals surface area (Å²) in [6.45, 7) is 6.57. The number of amides is 1. The highest BCUT2D eigenvalue weighted by atomic mass is 79.9. The van der Waals surface area contributed by atoms with Gasteiger partial charge < -0.3 is 5.32 Å². The maximum atomic E-state index is 13.1. The largest absolute Gasteiger partial charge is 0.325 e. The highest BCUT2D eigenvalue weighted by molar-refractivity contribution is 9.10. The monoisotopic (exact) mass is 727 g/mol. The van der Waals surface area contributed by atoms with Gasteiger partial charge >= 0.3 is 0 Å². The molecule has 232 valence electrons. The number of hydrogen-bond acceptors (Lipinski definition) is 8. The smallest absolute Gasteiger partial charge is 0.234 e. The maximum absolute atomic E-state index is 13.1. The van der Waals surface area contributed by atoms with E-state index in [1.807, 2.05) is 77.4 Å². The summed E-state index contributed by atoms with van der Waals surface area (Å²) in [6, 6.07) is 31.3. The average molecular weight is 729 g/mol. The second kappa shape index (κ2) is 13.9. The molecule has 11 heteroatoms. The van der Waals surface area contributed by atoms with Crippen molar-refractivity contribution in [2.75, 3.05) is 16.8 Å². The Labute approximate surface area is 288 Å². The van der Waals surface area contributed by atoms with Gasteiger partial charge in [-0.25, -0.2) is 4.98 Å². The first-order valence-corrected chi connectivity index (χ1v) is 18.1. The number of benzene rings is 4. The molecule has 2 aromatic heterocycles. The lowest BCUT2D eigenvalue weighted by Gasteiger charge is -2.19. The number of thioether (sulfide) groups is 2. The summed E-state index contributed by atoms with van der Waals surface area (Å²) < 4.78 is 4.68. The third-order valence-corrected chi connectivity index (χ3v) is 10.8. The first-order valence-electron chi connectivity index (χ1n) is 14.5. The number of carbonyl (C=O) groups is 2. The summed E-state index contributed by atoms with van der Waals surface area (Å²) in [5.41, 5.74) is 5.36. The topological polar surface area (TPSA) is 89.8 Å². The number of hydrogen-bond donors (Lipinski definition) is 1. The quantitative estimate of drug-likeness (QED) is 0.111. The molecule has 0 bridgehead atoms. The number of nitrogens with one attached hydrogen (secondary N) is 1. The molecule has 0 spiro atoms. The van der Waals surface area contributed by atoms with Gasteiger partial charge in [0.1, 0.15) is 0 Å². The van der Waals surface area contributed by atoms with Crippen LogP contribution in [0.3, 0.4) is 0 Å². The fraction of sp³-hybridized carbons (Fsp3) is 0.171. The number of rotatable bonds is 10. The molecule has 2 heterocycles. The van der Waals surface area contributed by atoms with Gasteiger partial charge in [0.15, 0.2) is 21.1 Å². The number of carbonyl (C=O) groups excluding carboxylic acids is 2. The van der Waals surface area contributed by atoms with E-state index in [1.165, 1.54) is 40.4 Å². The van der Waals surface area contributed by atoms with E-state index in [-0.39, 0.29) is 22.9 Å². The highest BCUT2D eigenvalue weighted by Gasteiger charge is 2.19. The number of para-hydroxylation sites is 1. The number of halogens is 1. The van der Waals surface area contributed by atoms with Crippen LogP contribution in [0.5, 0.6) is 0 Å². The molecule has 0 radical (unpaired) electrons. The Hall–Kier alpha value is -3.77. The molecule has 0 aliphatic heterocycles. The fourth-order valence-corrected chi connectivity index (χ4v) is 7.71. The van der Waals surface area contributed by atoms with Crippen molar-refractivity contribution in [3.63, 3.8) is 0 Å². The van der Waals surface area contributed by atoms with Crippen LogP contribution in [0.1, 0.15) is 36.7 Å². The van der Waals surface area contributed by atoms with Gasteiger partial charge in [-0.05, 0) is 53.4 Å². The molecule has 0 unspecified atom stereocenters. The molecule has 1 amide bonds. The van der Waals surface area contributed by atoms with Crippen LogP contribution < -0.4 is 5.32 Å². The summed E-state index contributed by atoms with van der Waals surface area (Å²) in [7, 11) is 0. The van der Waals surface area contributed by atoms with Crippen LogP contribution in [-0.2, 0) is 10.2 Å². The van der Waals surface area contributed by atoms with Crippen molar-refractivity contribution < 1.29 is 9.59 Å². The average Bonchev–Trinajstić information content (AvgIpc) is 3.67. The Morgan fingerprint density at radius 3 is 2.33 bits per heavy atom. The number of Topliss-reactive ketones (excluding diaryl/α,β-unsaturated/α-hetero) is 1. The van der Waals surface area contributed by atoms with Crippen molar-refractivity contribution in [1.82, 2.24) is 19.7 Å². The molecular weight excluding hydrogens is 699 g/mol. The SMILES string of the molecule is CC(C)(C)c1ccc(-c2nnc(SCC(=O)Nc3ccc4nc(SCC(=O)c5ccc(Br)cc5)sc4c3)n2-c2ccccc2)cc1. The summed E-state index contributed by atoms with van der Waals surface area (Å²) in [4.78, 5) is 30.3. The Balaban J connectivity index is 1.12. The van der Waals surface area contributed by atoms with Gasteiger partial charge in [0.2, 0.25) is 5.91 Å². The van der Waals surface area contributed by atoms with Crippen LogP contribution in [-0.4, -0.2) is 42.9 Å². The number of fused-ring (bicyclic) bond motifs is 1. The van der Waals surface area contributed by atoms with E-state index < -0.39 is 0 Å². The fourth-order valence-electron chi connectivity index (χ4n) is 4.70. The van der Waals surface area contributed by atoms with Crippen LogP contribution >= 0.6 is 50.8 Å². The van der Waals surface area contributed by atoms with E-state index in [0.717, 1.165) is 36.1 Å². The summed E-state index contributed by atoms with van der Waals surface area (Å²) in [5, 5.41) is 12.6. The number of aromatic nitrogens is 4. The van der Waals surface area contributed by atoms with Gasteiger partial charge in [-0.3, -0.25) is 14.2 Å². The second-order valence-electron chi connectivity index (χ2n) is 11.5. The Morgan fingerprint density at radius 2 is 1.61 bits per heavy atom. The summed E-state index contributed by atoms with van der Waals surface area (Å²) in [5.74, 6) is 1.09. The third-order valence-electron chi connectivity index (χ3n) is 7.13. The summed E-state index contributed by atoms with van der Waals surface area (Å²) in [6.07, 6.45) is 0. The molecule has 0 saturated carbocycles. The van der Waals surface area contributed by atoms with Crippen molar-refractivity contribution in [3.8, 4) is 17.1 Å². The van der Waals surface area contributed by atoms with Crippen LogP contribution in [0.4, 0.5) is 5.69 Å². The van der Waals surface area contributed by atoms with Crippen LogP contribution in [0.2, 0.25) is 0 Å². The predicted molar refractivity (Wildman–Crippen MR) is 194 cm³/mol. The van der Waals surface area contributed by atoms with E-state index in [2.05, 4.69) is 81.5 Å². The molecule has 1 N–H and O–H groups in total. The Kier molecular flexibility index (Phi) is 9.74. The van der Waals surface area contributed by atoms with E-state index >= 15 is 0 Å². The van der Waals surface area contributed by atoms with Crippen molar-refractivity contribution in [1.29, 1.82) is 0 Å². The van der Waals surface area contributed by atoms with E-state index in [0.29, 0.717) is 22.2 Å². The Morgan fingerprint density at radius 1 is 0.870 bits per heavy atom. The lowest BCUT2D eigenvalue weighted by molar-refractivity contribution is -0.113. The zero-order chi connectivity index (χ0) is 32.3. The minimum absolute atomic E-state index is 0.0485. The molecule has 0 saturated heterocycles. The van der Waals surface area contributed by atoms with Crippen LogP contribution in [0.15, 0.2) is 111 Å². The number of thiazole rings is 1. The van der Waals surface area contributed by atoms with Gasteiger partial charge in [-0.2, -0.15) is 0 Å². The molecular formula is C35H30BrN5O2S3. The molecule has 46 heavy (non-hydrogen) atoms. The van der Waals surface area contributed by atoms with Gasteiger partial charge in [0.25, 0.3) is 0 Å². The molecule has 0 aliphatic carbocycles. The summed E-state index contributed by atoms with van der Waals surface area (Å²) >= 11 is 7.66. The minimum atomic E-state index is -0.151. The van der Waals surface area contributed by atoms with E-state index in [4.69, 9.17) is 0 Å². The van der Waals surface area contributed by atoms with Gasteiger partial charge in [-0.15, -0.1) is 21.5 Å². The Bertz CT molecular complexity index is 2000. The lowest BCUT2D eigenvalue weighted by Crippen LogP contribution is -2.14. The van der Waals surface area contributed by atoms with Crippen molar-refractivity contribution in [2.24, 2.45) is 0 Å². The zero-order valence-corrected chi connectivity index (χ0v) is 29.4. The molecule has 7 nitrogen and oxygen atoms in total. The molecule has 4 aromatic carbocycles. The third kappa shape index (κ3) is 7.60. The van der Waals surface area contributed by atoms with Crippen molar-refractivity contribution in [3.05, 3.63) is 113 Å². The first-order chi connectivity index (χ1) is 22.1. The van der Waals surface area contributed by atoms with E-state index in [1.54, 1.807) is 0 Å². The van der Waals surface area contributed by atoms with Gasteiger partial charge in [0.05, 0.1) is 21.7 Å².